The van der Waals surface area contributed by atoms with E-state index in [1.54, 1.807) is 13.0 Å². The predicted molar refractivity (Wildman–Crippen MR) is 60.6 cm³/mol. The van der Waals surface area contributed by atoms with Crippen LogP contribution < -0.4 is 10.1 Å². The van der Waals surface area contributed by atoms with Crippen molar-refractivity contribution in [3.05, 3.63) is 24.0 Å². The van der Waals surface area contributed by atoms with E-state index in [-0.39, 0.29) is 24.2 Å². The molecule has 2 rings (SSSR count). The van der Waals surface area contributed by atoms with Gasteiger partial charge in [-0.25, -0.2) is 4.39 Å². The van der Waals surface area contributed by atoms with Crippen molar-refractivity contribution in [1.29, 1.82) is 0 Å². The summed E-state index contributed by atoms with van der Waals surface area (Å²) in [5.74, 6) is -0.126. The lowest BCUT2D eigenvalue weighted by Crippen LogP contribution is -2.34. The van der Waals surface area contributed by atoms with Crippen LogP contribution in [-0.2, 0) is 9.53 Å². The lowest BCUT2D eigenvalue weighted by molar-refractivity contribution is -0.143. The van der Waals surface area contributed by atoms with Gasteiger partial charge in [-0.1, -0.05) is 0 Å². The molecule has 0 aliphatic carbocycles. The predicted octanol–water partition coefficient (Wildman–Crippen LogP) is 1.95. The second kappa shape index (κ2) is 5.03. The van der Waals surface area contributed by atoms with Crippen molar-refractivity contribution >= 4 is 11.7 Å². The molecule has 0 amide bonds. The smallest absolute Gasteiger partial charge is 0.307 e. The zero-order valence-electron chi connectivity index (χ0n) is 9.53. The molecule has 0 aromatic heterocycles. The third-order valence-electron chi connectivity index (χ3n) is 2.46. The molecule has 1 aliphatic heterocycles. The summed E-state index contributed by atoms with van der Waals surface area (Å²) in [6, 6.07) is 4.14. The molecule has 0 saturated carbocycles. The van der Waals surface area contributed by atoms with E-state index in [1.165, 1.54) is 12.1 Å². The first kappa shape index (κ1) is 11.7. The number of esters is 1. The topological polar surface area (TPSA) is 47.6 Å². The molecule has 0 radical (unpaired) electrons. The van der Waals surface area contributed by atoms with Crippen LogP contribution in [0, 0.1) is 5.82 Å². The summed E-state index contributed by atoms with van der Waals surface area (Å²) in [7, 11) is 0. The van der Waals surface area contributed by atoms with Gasteiger partial charge in [-0.05, 0) is 19.1 Å². The van der Waals surface area contributed by atoms with Gasteiger partial charge >= 0.3 is 5.97 Å². The van der Waals surface area contributed by atoms with E-state index in [0.717, 1.165) is 0 Å². The fraction of sp³-hybridized carbons (Fsp3) is 0.417. The summed E-state index contributed by atoms with van der Waals surface area (Å²) in [6.45, 7) is 2.46. The highest BCUT2D eigenvalue weighted by atomic mass is 19.1. The summed E-state index contributed by atoms with van der Waals surface area (Å²) in [6.07, 6.45) is 0.241. The molecule has 0 bridgehead atoms. The Morgan fingerprint density at radius 2 is 2.47 bits per heavy atom. The van der Waals surface area contributed by atoms with Gasteiger partial charge in [0.25, 0.3) is 0 Å². The molecule has 0 fully saturated rings. The quantitative estimate of drug-likeness (QED) is 0.819. The second-order valence-electron chi connectivity index (χ2n) is 3.80. The molecular weight excluding hydrogens is 225 g/mol. The van der Waals surface area contributed by atoms with Crippen molar-refractivity contribution < 1.29 is 18.7 Å². The fourth-order valence-corrected chi connectivity index (χ4v) is 1.72. The Bertz CT molecular complexity index is 422. The maximum Gasteiger partial charge on any atom is 0.307 e. The molecule has 92 valence electrons. The maximum absolute atomic E-state index is 12.9. The molecule has 0 spiro atoms. The Balaban J connectivity index is 1.99. The first-order chi connectivity index (χ1) is 8.19. The Labute approximate surface area is 98.7 Å². The Morgan fingerprint density at radius 3 is 3.24 bits per heavy atom. The van der Waals surface area contributed by atoms with E-state index in [0.29, 0.717) is 24.7 Å². The molecule has 5 heteroatoms. The molecule has 0 saturated heterocycles. The van der Waals surface area contributed by atoms with Crippen molar-refractivity contribution in [2.45, 2.75) is 19.4 Å². The molecule has 1 N–H and O–H groups in total. The third kappa shape index (κ3) is 2.87. The highest BCUT2D eigenvalue weighted by molar-refractivity contribution is 5.71. The van der Waals surface area contributed by atoms with E-state index in [9.17, 15) is 9.18 Å². The minimum Gasteiger partial charge on any atom is -0.489 e. The molecular formula is C12H14FNO3. The molecule has 1 aromatic carbocycles. The first-order valence-electron chi connectivity index (χ1n) is 5.53. The van der Waals surface area contributed by atoms with Gasteiger partial charge in [0.1, 0.15) is 18.2 Å². The molecule has 1 unspecified atom stereocenters. The lowest BCUT2D eigenvalue weighted by Gasteiger charge is -2.26. The SMILES string of the molecule is CCOC(=O)CC1COc2cc(F)ccc2N1. The average Bonchev–Trinajstić information content (AvgIpc) is 2.29. The van der Waals surface area contributed by atoms with Crippen LogP contribution in [0.2, 0.25) is 0 Å². The maximum atomic E-state index is 12.9. The van der Waals surface area contributed by atoms with Gasteiger partial charge in [-0.2, -0.15) is 0 Å². The highest BCUT2D eigenvalue weighted by Crippen LogP contribution is 2.30. The van der Waals surface area contributed by atoms with Crippen molar-refractivity contribution in [2.75, 3.05) is 18.5 Å². The highest BCUT2D eigenvalue weighted by Gasteiger charge is 2.22. The fourth-order valence-electron chi connectivity index (χ4n) is 1.72. The van der Waals surface area contributed by atoms with Crippen molar-refractivity contribution in [3.63, 3.8) is 0 Å². The molecule has 1 aromatic rings. The normalized spacial score (nSPS) is 17.6. The van der Waals surface area contributed by atoms with E-state index in [2.05, 4.69) is 5.32 Å². The van der Waals surface area contributed by atoms with Crippen molar-refractivity contribution in [1.82, 2.24) is 0 Å². The second-order valence-corrected chi connectivity index (χ2v) is 3.80. The number of carbonyl (C=O) groups excluding carboxylic acids is 1. The Hall–Kier alpha value is -1.78. The average molecular weight is 239 g/mol. The number of hydrogen-bond donors (Lipinski definition) is 1. The molecule has 1 aliphatic rings. The van der Waals surface area contributed by atoms with Crippen LogP contribution in [-0.4, -0.2) is 25.2 Å². The number of nitrogens with one attached hydrogen (secondary N) is 1. The molecule has 17 heavy (non-hydrogen) atoms. The van der Waals surface area contributed by atoms with Crippen LogP contribution in [0.3, 0.4) is 0 Å². The van der Waals surface area contributed by atoms with Gasteiger partial charge in [0.2, 0.25) is 0 Å². The number of anilines is 1. The molecule has 1 atom stereocenters. The largest absolute Gasteiger partial charge is 0.489 e. The Kier molecular flexibility index (Phi) is 3.46. The third-order valence-corrected chi connectivity index (χ3v) is 2.46. The number of halogens is 1. The van der Waals surface area contributed by atoms with Crippen LogP contribution in [0.4, 0.5) is 10.1 Å². The first-order valence-corrected chi connectivity index (χ1v) is 5.53. The minimum absolute atomic E-state index is 0.132. The number of carbonyl (C=O) groups is 1. The molecule has 4 nitrogen and oxygen atoms in total. The van der Waals surface area contributed by atoms with Gasteiger partial charge < -0.3 is 14.8 Å². The van der Waals surface area contributed by atoms with E-state index in [4.69, 9.17) is 9.47 Å². The summed E-state index contributed by atoms with van der Waals surface area (Å²) in [5, 5.41) is 3.12. The van der Waals surface area contributed by atoms with Crippen LogP contribution >= 0.6 is 0 Å². The van der Waals surface area contributed by atoms with E-state index in [1.807, 2.05) is 0 Å². The standard InChI is InChI=1S/C12H14FNO3/c1-2-16-12(15)6-9-7-17-11-5-8(13)3-4-10(11)14-9/h3-5,9,14H,2,6-7H2,1H3. The minimum atomic E-state index is -0.339. The van der Waals surface area contributed by atoms with Crippen molar-refractivity contribution in [2.24, 2.45) is 0 Å². The summed E-state index contributed by atoms with van der Waals surface area (Å²) >= 11 is 0. The van der Waals surface area contributed by atoms with Gasteiger partial charge in [-0.15, -0.1) is 0 Å². The zero-order valence-corrected chi connectivity index (χ0v) is 9.53. The number of benzene rings is 1. The van der Waals surface area contributed by atoms with Crippen LogP contribution in [0.15, 0.2) is 18.2 Å². The monoisotopic (exact) mass is 239 g/mol. The summed E-state index contributed by atoms with van der Waals surface area (Å²) in [4.78, 5) is 11.3. The summed E-state index contributed by atoms with van der Waals surface area (Å²) in [5.41, 5.74) is 0.701. The zero-order chi connectivity index (χ0) is 12.3. The number of rotatable bonds is 3. The molecule has 1 heterocycles. The number of ether oxygens (including phenoxy) is 2. The van der Waals surface area contributed by atoms with Crippen LogP contribution in [0.5, 0.6) is 5.75 Å². The van der Waals surface area contributed by atoms with Crippen LogP contribution in [0.1, 0.15) is 13.3 Å². The number of fused-ring (bicyclic) bond motifs is 1. The summed E-state index contributed by atoms with van der Waals surface area (Å²) < 4.78 is 23.2. The number of hydrogen-bond acceptors (Lipinski definition) is 4. The van der Waals surface area contributed by atoms with E-state index < -0.39 is 0 Å². The van der Waals surface area contributed by atoms with Gasteiger partial charge in [-0.3, -0.25) is 4.79 Å². The van der Waals surface area contributed by atoms with Gasteiger partial charge in [0.05, 0.1) is 24.8 Å². The van der Waals surface area contributed by atoms with Gasteiger partial charge in [0, 0.05) is 6.07 Å². The van der Waals surface area contributed by atoms with Crippen molar-refractivity contribution in [3.8, 4) is 5.75 Å². The lowest BCUT2D eigenvalue weighted by atomic mass is 10.1. The van der Waals surface area contributed by atoms with Crippen LogP contribution in [0.25, 0.3) is 0 Å². The van der Waals surface area contributed by atoms with Gasteiger partial charge in [0.15, 0.2) is 0 Å². The van der Waals surface area contributed by atoms with E-state index >= 15 is 0 Å². The Morgan fingerprint density at radius 1 is 1.65 bits per heavy atom.